The number of alkyl halides is 3. The molecule has 0 radical (unpaired) electrons. The number of hydrogen-bond donors (Lipinski definition) is 2. The Hall–Kier alpha value is -0.860. The van der Waals surface area contributed by atoms with E-state index in [-0.39, 0.29) is 44.4 Å². The third-order valence-corrected chi connectivity index (χ3v) is 4.16. The molecule has 2 rings (SSSR count). The Kier molecular flexibility index (Phi) is 5.11. The summed E-state index contributed by atoms with van der Waals surface area (Å²) >= 11 is 0. The molecular weight excluding hydrogens is 289 g/mol. The Balaban J connectivity index is 1.74. The molecule has 2 aliphatic rings. The number of carbonyl (C=O) groups is 1. The minimum atomic E-state index is -4.61. The molecule has 0 aliphatic carbocycles. The minimum Gasteiger partial charge on any atom is -0.381 e. The predicted octanol–water partition coefficient (Wildman–Crippen LogP) is 0.671. The number of rotatable bonds is 3. The minimum absolute atomic E-state index is 0.0667. The summed E-state index contributed by atoms with van der Waals surface area (Å²) in [5, 5.41) is 12.4. The number of aliphatic hydroxyl groups is 1. The summed E-state index contributed by atoms with van der Waals surface area (Å²) < 4.78 is 43.2. The maximum atomic E-state index is 12.7. The molecule has 21 heavy (non-hydrogen) atoms. The molecule has 2 aliphatic heterocycles. The van der Waals surface area contributed by atoms with Crippen LogP contribution in [0.15, 0.2) is 0 Å². The molecule has 5 nitrogen and oxygen atoms in total. The van der Waals surface area contributed by atoms with E-state index in [9.17, 15) is 23.1 Å². The van der Waals surface area contributed by atoms with E-state index in [1.54, 1.807) is 4.90 Å². The third kappa shape index (κ3) is 4.31. The van der Waals surface area contributed by atoms with Crippen molar-refractivity contribution in [3.63, 3.8) is 0 Å². The van der Waals surface area contributed by atoms with Crippen LogP contribution in [0.2, 0.25) is 0 Å². The van der Waals surface area contributed by atoms with Crippen LogP contribution in [0.25, 0.3) is 0 Å². The van der Waals surface area contributed by atoms with E-state index in [0.29, 0.717) is 13.2 Å². The van der Waals surface area contributed by atoms with Gasteiger partial charge in [-0.15, -0.1) is 0 Å². The Morgan fingerprint density at radius 3 is 2.38 bits per heavy atom. The van der Waals surface area contributed by atoms with Gasteiger partial charge in [0.05, 0.1) is 6.54 Å². The summed E-state index contributed by atoms with van der Waals surface area (Å²) in [5.41, 5.74) is -2.61. The molecule has 0 aromatic carbocycles. The monoisotopic (exact) mass is 310 g/mol. The first kappa shape index (κ1) is 16.5. The molecule has 2 saturated heterocycles. The van der Waals surface area contributed by atoms with Crippen molar-refractivity contribution in [2.24, 2.45) is 0 Å². The molecule has 122 valence electrons. The lowest BCUT2D eigenvalue weighted by atomic mass is 9.91. The molecule has 0 spiro atoms. The summed E-state index contributed by atoms with van der Waals surface area (Å²) in [7, 11) is 0. The van der Waals surface area contributed by atoms with Gasteiger partial charge in [0.25, 0.3) is 0 Å². The largest absolute Gasteiger partial charge is 0.417 e. The van der Waals surface area contributed by atoms with Crippen molar-refractivity contribution < 1.29 is 27.8 Å². The second kappa shape index (κ2) is 6.50. The molecule has 2 fully saturated rings. The van der Waals surface area contributed by atoms with E-state index in [1.165, 1.54) is 0 Å². The van der Waals surface area contributed by atoms with E-state index in [1.807, 2.05) is 0 Å². The van der Waals surface area contributed by atoms with Gasteiger partial charge in [-0.05, 0) is 25.7 Å². The van der Waals surface area contributed by atoms with Gasteiger partial charge in [0, 0.05) is 32.3 Å². The standard InChI is InChI=1S/C13H21F3N2O3/c14-13(15,16)12(20)3-5-18(6-4-12)9-11(19)17-10-1-7-21-8-2-10/h10,20H,1-9H2,(H,17,19). The highest BCUT2D eigenvalue weighted by atomic mass is 19.4. The maximum Gasteiger partial charge on any atom is 0.417 e. The van der Waals surface area contributed by atoms with Crippen molar-refractivity contribution >= 4 is 5.91 Å². The van der Waals surface area contributed by atoms with Gasteiger partial charge < -0.3 is 15.2 Å². The number of hydrogen-bond acceptors (Lipinski definition) is 4. The highest BCUT2D eigenvalue weighted by Gasteiger charge is 2.54. The van der Waals surface area contributed by atoms with Crippen LogP contribution in [0.4, 0.5) is 13.2 Å². The summed E-state index contributed by atoms with van der Waals surface area (Å²) in [6.45, 7) is 1.44. The van der Waals surface area contributed by atoms with Gasteiger partial charge in [-0.25, -0.2) is 0 Å². The van der Waals surface area contributed by atoms with E-state index in [4.69, 9.17) is 4.74 Å². The van der Waals surface area contributed by atoms with Gasteiger partial charge in [0.1, 0.15) is 0 Å². The molecule has 0 aromatic heterocycles. The molecular formula is C13H21F3N2O3. The van der Waals surface area contributed by atoms with Crippen molar-refractivity contribution in [2.75, 3.05) is 32.8 Å². The number of piperidine rings is 1. The lowest BCUT2D eigenvalue weighted by Gasteiger charge is -2.39. The molecule has 0 unspecified atom stereocenters. The van der Waals surface area contributed by atoms with Crippen molar-refractivity contribution in [3.05, 3.63) is 0 Å². The average Bonchev–Trinajstić information content (AvgIpc) is 2.41. The number of halogens is 3. The fourth-order valence-corrected chi connectivity index (χ4v) is 2.68. The fourth-order valence-electron chi connectivity index (χ4n) is 2.68. The molecule has 0 saturated carbocycles. The van der Waals surface area contributed by atoms with Gasteiger partial charge in [0.2, 0.25) is 5.91 Å². The highest BCUT2D eigenvalue weighted by molar-refractivity contribution is 5.78. The van der Waals surface area contributed by atoms with Crippen molar-refractivity contribution in [2.45, 2.75) is 43.5 Å². The molecule has 1 amide bonds. The van der Waals surface area contributed by atoms with Crippen LogP contribution in [-0.4, -0.2) is 66.6 Å². The molecule has 0 aromatic rings. The number of amides is 1. The Morgan fingerprint density at radius 1 is 1.29 bits per heavy atom. The SMILES string of the molecule is O=C(CN1CCC(O)(C(F)(F)F)CC1)NC1CCOCC1. The molecule has 8 heteroatoms. The highest BCUT2D eigenvalue weighted by Crippen LogP contribution is 2.38. The van der Waals surface area contributed by atoms with Gasteiger partial charge >= 0.3 is 6.18 Å². The second-order valence-corrected chi connectivity index (χ2v) is 5.76. The van der Waals surface area contributed by atoms with E-state index in [2.05, 4.69) is 5.32 Å². The summed E-state index contributed by atoms with van der Waals surface area (Å²) in [5.74, 6) is -0.181. The summed E-state index contributed by atoms with van der Waals surface area (Å²) in [4.78, 5) is 13.5. The first-order valence-corrected chi connectivity index (χ1v) is 7.19. The van der Waals surface area contributed by atoms with Crippen LogP contribution in [0, 0.1) is 0 Å². The van der Waals surface area contributed by atoms with Gasteiger partial charge in [-0.1, -0.05) is 0 Å². The molecule has 2 heterocycles. The Bertz CT molecular complexity index is 362. The third-order valence-electron chi connectivity index (χ3n) is 4.16. The van der Waals surface area contributed by atoms with E-state index in [0.717, 1.165) is 12.8 Å². The smallest absolute Gasteiger partial charge is 0.381 e. The zero-order chi connectivity index (χ0) is 15.5. The lowest BCUT2D eigenvalue weighted by molar-refractivity contribution is -0.272. The Labute approximate surface area is 121 Å². The van der Waals surface area contributed by atoms with Crippen LogP contribution < -0.4 is 5.32 Å². The summed E-state index contributed by atoms with van der Waals surface area (Å²) in [6, 6.07) is 0.0862. The average molecular weight is 310 g/mol. The van der Waals surface area contributed by atoms with Gasteiger partial charge in [-0.2, -0.15) is 13.2 Å². The quantitative estimate of drug-likeness (QED) is 0.804. The molecule has 0 bridgehead atoms. The normalized spacial score (nSPS) is 24.8. The van der Waals surface area contributed by atoms with Crippen LogP contribution in [-0.2, 0) is 9.53 Å². The first-order chi connectivity index (χ1) is 9.80. The number of carbonyl (C=O) groups excluding carboxylic acids is 1. The van der Waals surface area contributed by atoms with E-state index < -0.39 is 11.8 Å². The summed E-state index contributed by atoms with van der Waals surface area (Å²) in [6.07, 6.45) is -3.86. The van der Waals surface area contributed by atoms with Crippen LogP contribution in [0.5, 0.6) is 0 Å². The topological polar surface area (TPSA) is 61.8 Å². The van der Waals surface area contributed by atoms with Crippen LogP contribution >= 0.6 is 0 Å². The predicted molar refractivity (Wildman–Crippen MR) is 68.7 cm³/mol. The zero-order valence-electron chi connectivity index (χ0n) is 11.8. The van der Waals surface area contributed by atoms with Crippen molar-refractivity contribution in [1.82, 2.24) is 10.2 Å². The molecule has 0 atom stereocenters. The maximum absolute atomic E-state index is 12.7. The van der Waals surface area contributed by atoms with Crippen molar-refractivity contribution in [3.8, 4) is 0 Å². The van der Waals surface area contributed by atoms with E-state index >= 15 is 0 Å². The van der Waals surface area contributed by atoms with Gasteiger partial charge in [-0.3, -0.25) is 9.69 Å². The Morgan fingerprint density at radius 2 is 1.86 bits per heavy atom. The number of nitrogens with one attached hydrogen (secondary N) is 1. The first-order valence-electron chi connectivity index (χ1n) is 7.19. The number of likely N-dealkylation sites (tertiary alicyclic amines) is 1. The number of nitrogens with zero attached hydrogens (tertiary/aromatic N) is 1. The fraction of sp³-hybridized carbons (Fsp3) is 0.923. The second-order valence-electron chi connectivity index (χ2n) is 5.76. The lowest BCUT2D eigenvalue weighted by Crippen LogP contribution is -2.55. The van der Waals surface area contributed by atoms with Crippen LogP contribution in [0.1, 0.15) is 25.7 Å². The van der Waals surface area contributed by atoms with Crippen LogP contribution in [0.3, 0.4) is 0 Å². The zero-order valence-corrected chi connectivity index (χ0v) is 11.8. The van der Waals surface area contributed by atoms with Crippen molar-refractivity contribution in [1.29, 1.82) is 0 Å². The van der Waals surface area contributed by atoms with Gasteiger partial charge in [0.15, 0.2) is 5.60 Å². The molecule has 2 N–H and O–H groups in total. The number of ether oxygens (including phenoxy) is 1.